The average Bonchev–Trinajstić information content (AvgIpc) is 2.94. The third-order valence-electron chi connectivity index (χ3n) is 7.60. The van der Waals surface area contributed by atoms with Gasteiger partial charge < -0.3 is 20.0 Å². The lowest BCUT2D eigenvalue weighted by Gasteiger charge is -2.35. The van der Waals surface area contributed by atoms with Crippen molar-refractivity contribution in [3.05, 3.63) is 58.1 Å². The summed E-state index contributed by atoms with van der Waals surface area (Å²) in [6, 6.07) is 15.5. The zero-order chi connectivity index (χ0) is 27.1. The van der Waals surface area contributed by atoms with Gasteiger partial charge in [-0.1, -0.05) is 23.2 Å². The van der Waals surface area contributed by atoms with E-state index in [0.29, 0.717) is 54.1 Å². The van der Waals surface area contributed by atoms with Crippen molar-refractivity contribution in [2.24, 2.45) is 5.92 Å². The van der Waals surface area contributed by atoms with E-state index in [4.69, 9.17) is 28.5 Å². The van der Waals surface area contributed by atoms with Crippen LogP contribution in [0.1, 0.15) is 44.6 Å². The molecule has 2 aromatic rings. The van der Waals surface area contributed by atoms with Gasteiger partial charge in [0.05, 0.1) is 21.7 Å². The summed E-state index contributed by atoms with van der Waals surface area (Å²) in [5.74, 6) is 0.0501. The molecular formula is C29H35Cl2N5O2. The van der Waals surface area contributed by atoms with Crippen LogP contribution in [0, 0.1) is 17.2 Å². The van der Waals surface area contributed by atoms with Crippen molar-refractivity contribution >= 4 is 46.4 Å². The van der Waals surface area contributed by atoms with Gasteiger partial charge in [-0.3, -0.25) is 9.59 Å². The van der Waals surface area contributed by atoms with Gasteiger partial charge in [-0.05, 0) is 81.1 Å². The molecule has 2 aromatic carbocycles. The molecule has 0 aliphatic carbocycles. The van der Waals surface area contributed by atoms with E-state index in [-0.39, 0.29) is 17.7 Å². The topological polar surface area (TPSA) is 79.7 Å². The second-order valence-corrected chi connectivity index (χ2v) is 11.0. The maximum atomic E-state index is 13.6. The summed E-state index contributed by atoms with van der Waals surface area (Å²) >= 11 is 12.4. The van der Waals surface area contributed by atoms with Gasteiger partial charge in [0.25, 0.3) is 0 Å². The Balaban J connectivity index is 1.30. The number of hydrogen-bond donors (Lipinski definition) is 1. The molecule has 2 aliphatic rings. The third-order valence-corrected chi connectivity index (χ3v) is 8.34. The number of rotatable bonds is 8. The number of anilines is 2. The Morgan fingerprint density at radius 2 is 1.68 bits per heavy atom. The van der Waals surface area contributed by atoms with Gasteiger partial charge in [0, 0.05) is 63.0 Å². The van der Waals surface area contributed by atoms with Crippen molar-refractivity contribution in [3.8, 4) is 6.07 Å². The smallest absolute Gasteiger partial charge is 0.230 e. The molecular weight excluding hydrogens is 521 g/mol. The summed E-state index contributed by atoms with van der Waals surface area (Å²) < 4.78 is 0. The predicted octanol–water partition coefficient (Wildman–Crippen LogP) is 5.42. The molecule has 0 aromatic heterocycles. The SMILES string of the molecule is CC(=O)N1CCC(C(=O)N(CCCN2CCC(Nc3ccc(C#N)cc3)CC2)c2ccc(Cl)c(Cl)c2)CC1. The van der Waals surface area contributed by atoms with Crippen LogP contribution in [0.5, 0.6) is 0 Å². The molecule has 2 heterocycles. The fourth-order valence-corrected chi connectivity index (χ4v) is 5.60. The number of carbonyl (C=O) groups excluding carboxylic acids is 2. The largest absolute Gasteiger partial charge is 0.382 e. The number of likely N-dealkylation sites (tertiary alicyclic amines) is 2. The van der Waals surface area contributed by atoms with E-state index in [1.807, 2.05) is 40.1 Å². The molecule has 7 nitrogen and oxygen atoms in total. The summed E-state index contributed by atoms with van der Waals surface area (Å²) in [6.45, 7) is 6.33. The van der Waals surface area contributed by atoms with Gasteiger partial charge in [-0.25, -0.2) is 0 Å². The van der Waals surface area contributed by atoms with E-state index in [0.717, 1.165) is 50.3 Å². The number of amides is 2. The Bertz CT molecular complexity index is 1150. The lowest BCUT2D eigenvalue weighted by atomic mass is 9.94. The van der Waals surface area contributed by atoms with Crippen molar-refractivity contribution in [1.29, 1.82) is 5.26 Å². The summed E-state index contributed by atoms with van der Waals surface area (Å²) in [6.07, 6.45) is 4.30. The first kappa shape index (κ1) is 28.2. The van der Waals surface area contributed by atoms with Crippen LogP contribution in [0.15, 0.2) is 42.5 Å². The molecule has 0 unspecified atom stereocenters. The highest BCUT2D eigenvalue weighted by Crippen LogP contribution is 2.30. The van der Waals surface area contributed by atoms with Crippen LogP contribution in [-0.4, -0.2) is 66.9 Å². The second kappa shape index (κ2) is 13.3. The minimum atomic E-state index is -0.107. The summed E-state index contributed by atoms with van der Waals surface area (Å²) in [5, 5.41) is 13.5. The van der Waals surface area contributed by atoms with Gasteiger partial charge in [0.15, 0.2) is 0 Å². The predicted molar refractivity (Wildman–Crippen MR) is 153 cm³/mol. The summed E-state index contributed by atoms with van der Waals surface area (Å²) in [7, 11) is 0. The maximum absolute atomic E-state index is 13.6. The normalized spacial score (nSPS) is 17.2. The minimum Gasteiger partial charge on any atom is -0.382 e. The first-order valence-corrected chi connectivity index (χ1v) is 14.1. The molecule has 0 bridgehead atoms. The number of halogens is 2. The first-order chi connectivity index (χ1) is 18.3. The van der Waals surface area contributed by atoms with Crippen LogP contribution in [-0.2, 0) is 9.59 Å². The van der Waals surface area contributed by atoms with E-state index in [1.165, 1.54) is 0 Å². The van der Waals surface area contributed by atoms with E-state index >= 15 is 0 Å². The molecule has 9 heteroatoms. The fraction of sp³-hybridized carbons (Fsp3) is 0.483. The highest BCUT2D eigenvalue weighted by molar-refractivity contribution is 6.42. The molecule has 4 rings (SSSR count). The number of piperidine rings is 2. The van der Waals surface area contributed by atoms with Crippen molar-refractivity contribution in [2.75, 3.05) is 49.5 Å². The standard InChI is InChI=1S/C29H35Cl2N5O2/c1-21(37)35-17-9-23(10-18-35)29(38)36(26-7-8-27(30)28(31)19-26)14-2-13-34-15-11-25(12-16-34)33-24-5-3-22(20-32)4-6-24/h3-8,19,23,25,33H,2,9-18H2,1H3. The zero-order valence-electron chi connectivity index (χ0n) is 21.8. The maximum Gasteiger partial charge on any atom is 0.230 e. The van der Waals surface area contributed by atoms with Crippen molar-refractivity contribution in [2.45, 2.75) is 45.1 Å². The molecule has 2 aliphatic heterocycles. The highest BCUT2D eigenvalue weighted by Gasteiger charge is 2.30. The van der Waals surface area contributed by atoms with E-state index in [2.05, 4.69) is 16.3 Å². The number of nitriles is 1. The molecule has 0 atom stereocenters. The number of hydrogen-bond acceptors (Lipinski definition) is 5. The molecule has 2 fully saturated rings. The second-order valence-electron chi connectivity index (χ2n) is 10.2. The Hall–Kier alpha value is -2.79. The van der Waals surface area contributed by atoms with Gasteiger partial charge in [0.2, 0.25) is 11.8 Å². The lowest BCUT2D eigenvalue weighted by Crippen LogP contribution is -2.45. The monoisotopic (exact) mass is 555 g/mol. The number of nitrogens with one attached hydrogen (secondary N) is 1. The Labute approximate surface area is 235 Å². The average molecular weight is 557 g/mol. The fourth-order valence-electron chi connectivity index (χ4n) is 5.31. The third kappa shape index (κ3) is 7.41. The molecule has 0 saturated carbocycles. The van der Waals surface area contributed by atoms with E-state index in [1.54, 1.807) is 19.1 Å². The number of carbonyl (C=O) groups is 2. The van der Waals surface area contributed by atoms with Crippen LogP contribution < -0.4 is 10.2 Å². The van der Waals surface area contributed by atoms with E-state index < -0.39 is 0 Å². The number of nitrogens with zero attached hydrogens (tertiary/aromatic N) is 4. The van der Waals surface area contributed by atoms with Crippen molar-refractivity contribution in [3.63, 3.8) is 0 Å². The first-order valence-electron chi connectivity index (χ1n) is 13.3. The minimum absolute atomic E-state index is 0.0631. The molecule has 2 amide bonds. The molecule has 0 radical (unpaired) electrons. The zero-order valence-corrected chi connectivity index (χ0v) is 23.3. The Kier molecular flexibility index (Phi) is 9.90. The van der Waals surface area contributed by atoms with Gasteiger partial charge >= 0.3 is 0 Å². The van der Waals surface area contributed by atoms with Crippen molar-refractivity contribution in [1.82, 2.24) is 9.80 Å². The molecule has 2 saturated heterocycles. The van der Waals surface area contributed by atoms with Crippen molar-refractivity contribution < 1.29 is 9.59 Å². The molecule has 202 valence electrons. The van der Waals surface area contributed by atoms with Crippen LogP contribution in [0.2, 0.25) is 10.0 Å². The van der Waals surface area contributed by atoms with Gasteiger partial charge in [0.1, 0.15) is 0 Å². The van der Waals surface area contributed by atoms with Gasteiger partial charge in [-0.2, -0.15) is 5.26 Å². The number of benzene rings is 2. The van der Waals surface area contributed by atoms with Crippen LogP contribution in [0.4, 0.5) is 11.4 Å². The highest BCUT2D eigenvalue weighted by atomic mass is 35.5. The Morgan fingerprint density at radius 3 is 2.29 bits per heavy atom. The quantitative estimate of drug-likeness (QED) is 0.470. The molecule has 38 heavy (non-hydrogen) atoms. The Morgan fingerprint density at radius 1 is 1.00 bits per heavy atom. The van der Waals surface area contributed by atoms with Crippen LogP contribution in [0.3, 0.4) is 0 Å². The van der Waals surface area contributed by atoms with E-state index in [9.17, 15) is 9.59 Å². The summed E-state index contributed by atoms with van der Waals surface area (Å²) in [4.78, 5) is 31.5. The molecule has 1 N–H and O–H groups in total. The van der Waals surface area contributed by atoms with Crippen LogP contribution in [0.25, 0.3) is 0 Å². The lowest BCUT2D eigenvalue weighted by molar-refractivity contribution is -0.133. The van der Waals surface area contributed by atoms with Gasteiger partial charge in [-0.15, -0.1) is 0 Å². The molecule has 0 spiro atoms. The van der Waals surface area contributed by atoms with Crippen LogP contribution >= 0.6 is 23.2 Å². The summed E-state index contributed by atoms with van der Waals surface area (Å²) in [5.41, 5.74) is 2.48.